The van der Waals surface area contributed by atoms with Gasteiger partial charge in [0.15, 0.2) is 0 Å². The third kappa shape index (κ3) is 3.82. The van der Waals surface area contributed by atoms with E-state index in [1.807, 2.05) is 38.1 Å². The molecule has 2 rings (SSSR count). The zero-order valence-electron chi connectivity index (χ0n) is 11.4. The molecule has 0 unspecified atom stereocenters. The number of anilines is 1. The van der Waals surface area contributed by atoms with E-state index >= 15 is 0 Å². The molecular formula is C14H19Cl2N3O. The fourth-order valence-corrected chi connectivity index (χ4v) is 1.83. The topological polar surface area (TPSA) is 68.0 Å². The predicted octanol–water partition coefficient (Wildman–Crippen LogP) is 3.06. The van der Waals surface area contributed by atoms with Gasteiger partial charge in [-0.05, 0) is 37.1 Å². The van der Waals surface area contributed by atoms with Gasteiger partial charge in [-0.3, -0.25) is 9.78 Å². The van der Waals surface area contributed by atoms with Crippen molar-refractivity contribution in [1.82, 2.24) is 4.98 Å². The van der Waals surface area contributed by atoms with E-state index in [9.17, 15) is 4.79 Å². The Labute approximate surface area is 131 Å². The number of amides is 1. The Morgan fingerprint density at radius 3 is 2.70 bits per heavy atom. The average Bonchev–Trinajstić information content (AvgIpc) is 2.41. The maximum Gasteiger partial charge on any atom is 0.241 e. The number of nitrogens with two attached hydrogens (primary N) is 1. The summed E-state index contributed by atoms with van der Waals surface area (Å²) in [6.07, 6.45) is 2.37. The molecule has 4 nitrogen and oxygen atoms in total. The van der Waals surface area contributed by atoms with E-state index in [2.05, 4.69) is 10.3 Å². The molecule has 0 aliphatic carbocycles. The first-order valence-electron chi connectivity index (χ1n) is 6.04. The molecule has 2 aromatic rings. The number of aryl methyl sites for hydroxylation is 1. The van der Waals surface area contributed by atoms with E-state index in [-0.39, 0.29) is 30.7 Å². The van der Waals surface area contributed by atoms with Gasteiger partial charge in [0.05, 0.1) is 17.2 Å². The van der Waals surface area contributed by atoms with Crippen molar-refractivity contribution in [3.05, 3.63) is 36.0 Å². The first-order valence-corrected chi connectivity index (χ1v) is 6.04. The minimum absolute atomic E-state index is 0. The number of nitrogens with one attached hydrogen (secondary N) is 1. The third-order valence-electron chi connectivity index (χ3n) is 3.01. The number of aromatic nitrogens is 1. The van der Waals surface area contributed by atoms with Crippen LogP contribution in [0.1, 0.15) is 18.9 Å². The fourth-order valence-electron chi connectivity index (χ4n) is 1.83. The summed E-state index contributed by atoms with van der Waals surface area (Å²) in [4.78, 5) is 16.1. The monoisotopic (exact) mass is 315 g/mol. The molecule has 110 valence electrons. The van der Waals surface area contributed by atoms with Crippen LogP contribution < -0.4 is 11.1 Å². The minimum Gasteiger partial charge on any atom is -0.324 e. The van der Waals surface area contributed by atoms with Gasteiger partial charge in [-0.15, -0.1) is 24.8 Å². The van der Waals surface area contributed by atoms with Crippen LogP contribution in [0.5, 0.6) is 0 Å². The van der Waals surface area contributed by atoms with E-state index in [1.165, 1.54) is 0 Å². The average molecular weight is 316 g/mol. The van der Waals surface area contributed by atoms with Crippen LogP contribution >= 0.6 is 24.8 Å². The van der Waals surface area contributed by atoms with Crippen LogP contribution in [-0.2, 0) is 4.79 Å². The Bertz CT molecular complexity index is 590. The quantitative estimate of drug-likeness (QED) is 0.914. The third-order valence-corrected chi connectivity index (χ3v) is 3.01. The molecule has 1 heterocycles. The number of pyridine rings is 1. The minimum atomic E-state index is -0.474. The van der Waals surface area contributed by atoms with Crippen LogP contribution in [0.4, 0.5) is 5.69 Å². The second-order valence-corrected chi connectivity index (χ2v) is 4.33. The number of hydrogen-bond donors (Lipinski definition) is 2. The Kier molecular flexibility index (Phi) is 7.50. The molecule has 0 saturated carbocycles. The van der Waals surface area contributed by atoms with Crippen molar-refractivity contribution in [2.24, 2.45) is 5.73 Å². The largest absolute Gasteiger partial charge is 0.324 e. The van der Waals surface area contributed by atoms with Crippen molar-refractivity contribution in [3.8, 4) is 0 Å². The van der Waals surface area contributed by atoms with Crippen molar-refractivity contribution < 1.29 is 4.79 Å². The molecule has 20 heavy (non-hydrogen) atoms. The molecule has 0 radical (unpaired) electrons. The molecule has 0 spiro atoms. The highest BCUT2D eigenvalue weighted by Crippen LogP contribution is 2.24. The summed E-state index contributed by atoms with van der Waals surface area (Å²) < 4.78 is 0. The molecule has 3 N–H and O–H groups in total. The second-order valence-electron chi connectivity index (χ2n) is 4.33. The lowest BCUT2D eigenvalue weighted by Crippen LogP contribution is -2.34. The van der Waals surface area contributed by atoms with Gasteiger partial charge in [0.25, 0.3) is 0 Å². The van der Waals surface area contributed by atoms with Gasteiger partial charge >= 0.3 is 0 Å². The molecule has 0 bridgehead atoms. The van der Waals surface area contributed by atoms with Crippen LogP contribution in [0.25, 0.3) is 10.9 Å². The maximum absolute atomic E-state index is 11.8. The van der Waals surface area contributed by atoms with Crippen molar-refractivity contribution in [2.75, 3.05) is 5.32 Å². The van der Waals surface area contributed by atoms with Crippen molar-refractivity contribution >= 4 is 47.3 Å². The number of fused-ring (bicyclic) bond motifs is 1. The number of carbonyl (C=O) groups excluding carboxylic acids is 1. The van der Waals surface area contributed by atoms with Crippen LogP contribution in [0, 0.1) is 6.92 Å². The van der Waals surface area contributed by atoms with Gasteiger partial charge in [0, 0.05) is 11.6 Å². The van der Waals surface area contributed by atoms with Gasteiger partial charge in [0.1, 0.15) is 0 Å². The Morgan fingerprint density at radius 1 is 1.35 bits per heavy atom. The van der Waals surface area contributed by atoms with E-state index in [1.54, 1.807) is 6.20 Å². The summed E-state index contributed by atoms with van der Waals surface area (Å²) in [5, 5.41) is 3.80. The van der Waals surface area contributed by atoms with Crippen molar-refractivity contribution in [2.45, 2.75) is 26.3 Å². The number of rotatable bonds is 3. The Morgan fingerprint density at radius 2 is 2.05 bits per heavy atom. The Balaban J connectivity index is 0.00000180. The molecule has 1 amide bonds. The SMILES string of the molecule is CC[C@H](N)C(=O)Nc1ccc(C)c2ncccc12.Cl.Cl. The highest BCUT2D eigenvalue weighted by molar-refractivity contribution is 6.03. The summed E-state index contributed by atoms with van der Waals surface area (Å²) >= 11 is 0. The zero-order chi connectivity index (χ0) is 13.1. The van der Waals surface area contributed by atoms with Crippen LogP contribution in [0.15, 0.2) is 30.5 Å². The van der Waals surface area contributed by atoms with E-state index < -0.39 is 6.04 Å². The lowest BCUT2D eigenvalue weighted by atomic mass is 10.1. The van der Waals surface area contributed by atoms with Crippen molar-refractivity contribution in [3.63, 3.8) is 0 Å². The Hall–Kier alpha value is -1.36. The highest BCUT2D eigenvalue weighted by Gasteiger charge is 2.13. The van der Waals surface area contributed by atoms with E-state index in [0.717, 1.165) is 22.2 Å². The lowest BCUT2D eigenvalue weighted by molar-refractivity contribution is -0.117. The normalized spacial score (nSPS) is 11.2. The molecule has 6 heteroatoms. The highest BCUT2D eigenvalue weighted by atomic mass is 35.5. The number of nitrogens with zero attached hydrogens (tertiary/aromatic N) is 1. The van der Waals surface area contributed by atoms with Crippen molar-refractivity contribution in [1.29, 1.82) is 0 Å². The molecule has 1 atom stereocenters. The second kappa shape index (κ2) is 8.04. The molecule has 1 aromatic carbocycles. The summed E-state index contributed by atoms with van der Waals surface area (Å²) in [7, 11) is 0. The number of carbonyl (C=O) groups is 1. The number of halogens is 2. The molecule has 0 aliphatic heterocycles. The first kappa shape index (κ1) is 18.6. The standard InChI is InChI=1S/C14H17N3O.2ClH/c1-3-11(15)14(18)17-12-7-6-9(2)13-10(12)5-4-8-16-13;;/h4-8,11H,3,15H2,1-2H3,(H,17,18);2*1H/t11-;;/m0../s1. The van der Waals surface area contributed by atoms with E-state index in [0.29, 0.717) is 6.42 Å². The molecule has 1 aromatic heterocycles. The van der Waals surface area contributed by atoms with Crippen LogP contribution in [-0.4, -0.2) is 16.9 Å². The zero-order valence-corrected chi connectivity index (χ0v) is 13.1. The first-order chi connectivity index (χ1) is 8.63. The fraction of sp³-hybridized carbons (Fsp3) is 0.286. The number of hydrogen-bond acceptors (Lipinski definition) is 3. The van der Waals surface area contributed by atoms with E-state index in [4.69, 9.17) is 5.73 Å². The summed E-state index contributed by atoms with van der Waals surface area (Å²) in [6.45, 7) is 3.89. The molecular weight excluding hydrogens is 297 g/mol. The van der Waals surface area contributed by atoms with Gasteiger partial charge < -0.3 is 11.1 Å². The van der Waals surface area contributed by atoms with Crippen LogP contribution in [0.3, 0.4) is 0 Å². The van der Waals surface area contributed by atoms with Gasteiger partial charge in [-0.1, -0.05) is 13.0 Å². The smallest absolute Gasteiger partial charge is 0.241 e. The molecule has 0 aliphatic rings. The molecule has 0 fully saturated rings. The van der Waals surface area contributed by atoms with Gasteiger partial charge in [-0.2, -0.15) is 0 Å². The molecule has 0 saturated heterocycles. The predicted molar refractivity (Wildman–Crippen MR) is 87.9 cm³/mol. The van der Waals surface area contributed by atoms with Gasteiger partial charge in [-0.25, -0.2) is 0 Å². The lowest BCUT2D eigenvalue weighted by Gasteiger charge is -2.12. The maximum atomic E-state index is 11.8. The number of benzene rings is 1. The van der Waals surface area contributed by atoms with Gasteiger partial charge in [0.2, 0.25) is 5.91 Å². The van der Waals surface area contributed by atoms with Crippen LogP contribution in [0.2, 0.25) is 0 Å². The summed E-state index contributed by atoms with van der Waals surface area (Å²) in [6, 6.07) is 7.17. The summed E-state index contributed by atoms with van der Waals surface area (Å²) in [5.41, 5.74) is 8.46. The summed E-state index contributed by atoms with van der Waals surface area (Å²) in [5.74, 6) is -0.161.